The van der Waals surface area contributed by atoms with E-state index in [0.717, 1.165) is 16.7 Å². The predicted molar refractivity (Wildman–Crippen MR) is 143 cm³/mol. The van der Waals surface area contributed by atoms with Gasteiger partial charge in [-0.05, 0) is 67.1 Å². The fourth-order valence-electron chi connectivity index (χ4n) is 4.71. The Kier molecular flexibility index (Phi) is 8.48. The van der Waals surface area contributed by atoms with Crippen LogP contribution in [0, 0.1) is 23.1 Å². The van der Waals surface area contributed by atoms with Crippen molar-refractivity contribution >= 4 is 10.0 Å². The lowest BCUT2D eigenvalue weighted by Gasteiger charge is -2.37. The van der Waals surface area contributed by atoms with Crippen LogP contribution in [0.25, 0.3) is 11.1 Å². The third kappa shape index (κ3) is 6.05. The SMILES string of the molecule is C[C@@H]1CN([C@@H](C)CO)S(=O)(=O)c2ccc(-c3cccc(C#N)c3)cc2O[C@@H]1CN(C)Cc1cccc(F)c1. The third-order valence-electron chi connectivity index (χ3n) is 6.83. The van der Waals surface area contributed by atoms with E-state index in [9.17, 15) is 23.2 Å². The first kappa shape index (κ1) is 27.7. The number of sulfonamides is 1. The van der Waals surface area contributed by atoms with Crippen LogP contribution < -0.4 is 4.74 Å². The van der Waals surface area contributed by atoms with Crippen molar-refractivity contribution in [2.45, 2.75) is 37.4 Å². The molecule has 7 nitrogen and oxygen atoms in total. The Morgan fingerprint density at radius 3 is 2.61 bits per heavy atom. The number of benzene rings is 3. The van der Waals surface area contributed by atoms with Gasteiger partial charge in [0.2, 0.25) is 10.0 Å². The highest BCUT2D eigenvalue weighted by Crippen LogP contribution is 2.36. The number of hydrogen-bond donors (Lipinski definition) is 1. The number of nitrogens with zero attached hydrogens (tertiary/aromatic N) is 3. The van der Waals surface area contributed by atoms with E-state index < -0.39 is 22.2 Å². The van der Waals surface area contributed by atoms with Crippen LogP contribution in [-0.2, 0) is 16.6 Å². The molecule has 4 rings (SSSR count). The molecule has 1 aliphatic heterocycles. The number of ether oxygens (including phenoxy) is 1. The standard InChI is InChI=1S/C29H32FN3O4S/c1-20-16-33(21(2)19-34)38(35,36)29-11-10-25(24-8-4-6-22(12-24)15-31)14-27(29)37-28(20)18-32(3)17-23-7-5-9-26(30)13-23/h4-14,20-21,28,34H,16-19H2,1-3H3/t20-,21+,28-/m1/s1. The number of nitriles is 1. The molecule has 3 aromatic rings. The molecule has 9 heteroatoms. The smallest absolute Gasteiger partial charge is 0.247 e. The number of aliphatic hydroxyl groups is 1. The van der Waals surface area contributed by atoms with Gasteiger partial charge in [-0.15, -0.1) is 0 Å². The van der Waals surface area contributed by atoms with Crippen molar-refractivity contribution in [2.75, 3.05) is 26.7 Å². The lowest BCUT2D eigenvalue weighted by atomic mass is 10.0. The molecule has 3 aromatic carbocycles. The largest absolute Gasteiger partial charge is 0.487 e. The van der Waals surface area contributed by atoms with Crippen molar-refractivity contribution in [3.63, 3.8) is 0 Å². The zero-order valence-corrected chi connectivity index (χ0v) is 22.5. The summed E-state index contributed by atoms with van der Waals surface area (Å²) >= 11 is 0. The topological polar surface area (TPSA) is 93.9 Å². The van der Waals surface area contributed by atoms with Gasteiger partial charge in [0.05, 0.1) is 18.2 Å². The lowest BCUT2D eigenvalue weighted by Crippen LogP contribution is -2.49. The van der Waals surface area contributed by atoms with Crippen molar-refractivity contribution < 1.29 is 22.7 Å². The van der Waals surface area contributed by atoms with Gasteiger partial charge in [-0.1, -0.05) is 37.3 Å². The van der Waals surface area contributed by atoms with E-state index >= 15 is 0 Å². The summed E-state index contributed by atoms with van der Waals surface area (Å²) in [6, 6.07) is 19.9. The molecule has 0 aliphatic carbocycles. The van der Waals surface area contributed by atoms with Gasteiger partial charge in [0.15, 0.2) is 0 Å². The minimum Gasteiger partial charge on any atom is -0.487 e. The first-order valence-electron chi connectivity index (χ1n) is 12.5. The van der Waals surface area contributed by atoms with E-state index in [0.29, 0.717) is 18.7 Å². The van der Waals surface area contributed by atoms with Gasteiger partial charge in [-0.25, -0.2) is 12.8 Å². The Bertz CT molecular complexity index is 1440. The fraction of sp³-hybridized carbons (Fsp3) is 0.345. The van der Waals surface area contributed by atoms with Crippen molar-refractivity contribution in [1.82, 2.24) is 9.21 Å². The maximum absolute atomic E-state index is 13.7. The van der Waals surface area contributed by atoms with Crippen LogP contribution in [0.3, 0.4) is 0 Å². The fourth-order valence-corrected chi connectivity index (χ4v) is 6.54. The Balaban J connectivity index is 1.73. The van der Waals surface area contributed by atoms with Crippen LogP contribution in [0.5, 0.6) is 5.75 Å². The molecule has 1 heterocycles. The summed E-state index contributed by atoms with van der Waals surface area (Å²) in [5.41, 5.74) is 2.81. The first-order chi connectivity index (χ1) is 18.1. The molecule has 0 saturated carbocycles. The maximum Gasteiger partial charge on any atom is 0.247 e. The number of likely N-dealkylation sites (N-methyl/N-ethyl adjacent to an activating group) is 1. The molecule has 0 aromatic heterocycles. The van der Waals surface area contributed by atoms with Gasteiger partial charge in [0, 0.05) is 31.6 Å². The highest BCUT2D eigenvalue weighted by molar-refractivity contribution is 7.89. The highest BCUT2D eigenvalue weighted by atomic mass is 32.2. The summed E-state index contributed by atoms with van der Waals surface area (Å²) < 4.78 is 48.9. The zero-order chi connectivity index (χ0) is 27.4. The second-order valence-corrected chi connectivity index (χ2v) is 11.8. The Morgan fingerprint density at radius 2 is 1.89 bits per heavy atom. The molecule has 0 amide bonds. The summed E-state index contributed by atoms with van der Waals surface area (Å²) in [7, 11) is -2.05. The molecular formula is C29H32FN3O4S. The van der Waals surface area contributed by atoms with Gasteiger partial charge in [-0.3, -0.25) is 4.90 Å². The quantitative estimate of drug-likeness (QED) is 0.484. The minimum absolute atomic E-state index is 0.0303. The third-order valence-corrected chi connectivity index (χ3v) is 8.84. The Labute approximate surface area is 223 Å². The molecule has 0 fully saturated rings. The van der Waals surface area contributed by atoms with E-state index in [1.165, 1.54) is 22.5 Å². The molecule has 3 atom stereocenters. The van der Waals surface area contributed by atoms with E-state index in [-0.39, 0.29) is 35.5 Å². The van der Waals surface area contributed by atoms with Crippen LogP contribution >= 0.6 is 0 Å². The van der Waals surface area contributed by atoms with Gasteiger partial charge < -0.3 is 9.84 Å². The molecule has 1 aliphatic rings. The molecule has 200 valence electrons. The van der Waals surface area contributed by atoms with Crippen molar-refractivity contribution in [2.24, 2.45) is 5.92 Å². The van der Waals surface area contributed by atoms with Crippen LogP contribution in [-0.4, -0.2) is 61.6 Å². The number of halogens is 1. The molecule has 0 saturated heterocycles. The Hall–Kier alpha value is -3.29. The first-order valence-corrected chi connectivity index (χ1v) is 13.9. The average molecular weight is 538 g/mol. The monoisotopic (exact) mass is 537 g/mol. The zero-order valence-electron chi connectivity index (χ0n) is 21.7. The number of hydrogen-bond acceptors (Lipinski definition) is 6. The molecule has 38 heavy (non-hydrogen) atoms. The van der Waals surface area contributed by atoms with Gasteiger partial charge in [0.1, 0.15) is 22.6 Å². The van der Waals surface area contributed by atoms with Crippen LogP contribution in [0.1, 0.15) is 25.0 Å². The second-order valence-electron chi connectivity index (χ2n) is 9.92. The van der Waals surface area contributed by atoms with E-state index in [4.69, 9.17) is 4.74 Å². The van der Waals surface area contributed by atoms with E-state index in [2.05, 4.69) is 6.07 Å². The van der Waals surface area contributed by atoms with Crippen LogP contribution in [0.15, 0.2) is 71.6 Å². The molecule has 1 N–H and O–H groups in total. The lowest BCUT2D eigenvalue weighted by molar-refractivity contribution is 0.0734. The predicted octanol–water partition coefficient (Wildman–Crippen LogP) is 4.26. The molecule has 0 bridgehead atoms. The van der Waals surface area contributed by atoms with Crippen molar-refractivity contribution in [3.8, 4) is 22.9 Å². The minimum atomic E-state index is -3.96. The van der Waals surface area contributed by atoms with Gasteiger partial charge in [0.25, 0.3) is 0 Å². The van der Waals surface area contributed by atoms with Crippen molar-refractivity contribution in [3.05, 3.63) is 83.7 Å². The number of rotatable bonds is 7. The summed E-state index contributed by atoms with van der Waals surface area (Å²) in [6.45, 7) is 4.43. The second kappa shape index (κ2) is 11.6. The molecular weight excluding hydrogens is 505 g/mol. The summed E-state index contributed by atoms with van der Waals surface area (Å²) in [5.74, 6) is -0.296. The summed E-state index contributed by atoms with van der Waals surface area (Å²) in [5, 5.41) is 19.2. The van der Waals surface area contributed by atoms with Crippen molar-refractivity contribution in [1.29, 1.82) is 5.26 Å². The molecule has 0 radical (unpaired) electrons. The van der Waals surface area contributed by atoms with Crippen LogP contribution in [0.2, 0.25) is 0 Å². The molecule has 0 spiro atoms. The van der Waals surface area contributed by atoms with E-state index in [1.54, 1.807) is 43.3 Å². The number of fused-ring (bicyclic) bond motifs is 1. The maximum atomic E-state index is 13.7. The summed E-state index contributed by atoms with van der Waals surface area (Å²) in [6.07, 6.45) is -0.392. The highest BCUT2D eigenvalue weighted by Gasteiger charge is 2.38. The summed E-state index contributed by atoms with van der Waals surface area (Å²) in [4.78, 5) is 2.05. The van der Waals surface area contributed by atoms with Crippen LogP contribution in [0.4, 0.5) is 4.39 Å². The van der Waals surface area contributed by atoms with Gasteiger partial charge >= 0.3 is 0 Å². The Morgan fingerprint density at radius 1 is 1.16 bits per heavy atom. The molecule has 0 unspecified atom stereocenters. The van der Waals surface area contributed by atoms with Gasteiger partial charge in [-0.2, -0.15) is 9.57 Å². The normalized spacial score (nSPS) is 20.0. The average Bonchev–Trinajstić information content (AvgIpc) is 2.90. The van der Waals surface area contributed by atoms with E-state index in [1.807, 2.05) is 31.0 Å². The number of aliphatic hydroxyl groups excluding tert-OH is 1.